The molecule has 0 unspecified atom stereocenters. The molecule has 0 saturated carbocycles. The van der Waals surface area contributed by atoms with Crippen molar-refractivity contribution in [3.05, 3.63) is 41.3 Å². The smallest absolute Gasteiger partial charge is 0.451 e. The summed E-state index contributed by atoms with van der Waals surface area (Å²) in [5.41, 5.74) is -1.63. The van der Waals surface area contributed by atoms with Crippen molar-refractivity contribution in [2.45, 2.75) is 20.0 Å². The fraction of sp³-hybridized carbons (Fsp3) is 0.333. The summed E-state index contributed by atoms with van der Waals surface area (Å²) in [4.78, 5) is 23.4. The van der Waals surface area contributed by atoms with Crippen molar-refractivity contribution >= 4 is 17.6 Å². The highest BCUT2D eigenvalue weighted by molar-refractivity contribution is 5.94. The second-order valence-corrected chi connectivity index (χ2v) is 4.35. The molecule has 0 spiro atoms. The summed E-state index contributed by atoms with van der Waals surface area (Å²) in [5.74, 6) is -4.52. The van der Waals surface area contributed by atoms with Gasteiger partial charge in [0.05, 0.1) is 18.8 Å². The van der Waals surface area contributed by atoms with Crippen molar-refractivity contribution < 1.29 is 37.3 Å². The first-order valence-corrected chi connectivity index (χ1v) is 7.07. The number of hydrogen-bond acceptors (Lipinski definition) is 7. The van der Waals surface area contributed by atoms with Crippen LogP contribution in [0.25, 0.3) is 0 Å². The van der Waals surface area contributed by atoms with Crippen LogP contribution in [-0.4, -0.2) is 36.4 Å². The zero-order valence-electron chi connectivity index (χ0n) is 13.3. The number of esters is 2. The molecule has 7 nitrogen and oxygen atoms in total. The molecule has 0 radical (unpaired) electrons. The van der Waals surface area contributed by atoms with Crippen LogP contribution < -0.4 is 0 Å². The van der Waals surface area contributed by atoms with Crippen molar-refractivity contribution in [1.29, 1.82) is 0 Å². The molecule has 0 aromatic heterocycles. The van der Waals surface area contributed by atoms with Gasteiger partial charge in [-0.1, -0.05) is 12.1 Å². The van der Waals surface area contributed by atoms with Crippen molar-refractivity contribution in [3.63, 3.8) is 0 Å². The van der Waals surface area contributed by atoms with Crippen molar-refractivity contribution in [3.8, 4) is 0 Å². The summed E-state index contributed by atoms with van der Waals surface area (Å²) in [6.45, 7) is 2.79. The normalized spacial score (nSPS) is 12.7. The van der Waals surface area contributed by atoms with Crippen molar-refractivity contribution in [2.75, 3.05) is 13.2 Å². The van der Waals surface area contributed by atoms with Gasteiger partial charge in [-0.25, -0.2) is 9.59 Å². The molecule has 1 aromatic rings. The fourth-order valence-corrected chi connectivity index (χ4v) is 1.56. The number of benzene rings is 1. The fourth-order valence-electron chi connectivity index (χ4n) is 1.56. The van der Waals surface area contributed by atoms with E-state index in [0.29, 0.717) is 0 Å². The van der Waals surface area contributed by atoms with Crippen LogP contribution in [0.3, 0.4) is 0 Å². The number of hydrogen-bond donors (Lipinski definition) is 1. The van der Waals surface area contributed by atoms with E-state index < -0.39 is 29.6 Å². The van der Waals surface area contributed by atoms with E-state index in [1.807, 2.05) is 0 Å². The zero-order chi connectivity index (χ0) is 19.0. The molecule has 0 amide bonds. The molecular formula is C15H15F3N2O5. The second-order valence-electron chi connectivity index (χ2n) is 4.35. The Labute approximate surface area is 140 Å². The van der Waals surface area contributed by atoms with Crippen LogP contribution in [0, 0.1) is 0 Å². The minimum absolute atomic E-state index is 0.0668. The summed E-state index contributed by atoms with van der Waals surface area (Å²) in [5, 5.41) is 15.8. The lowest BCUT2D eigenvalue weighted by Crippen LogP contribution is -2.18. The number of aliphatic hydroxyl groups excluding tert-OH is 1. The maximum absolute atomic E-state index is 12.6. The minimum atomic E-state index is -5.22. The molecule has 0 aliphatic heterocycles. The third kappa shape index (κ3) is 5.59. The largest absolute Gasteiger partial charge is 0.502 e. The van der Waals surface area contributed by atoms with Gasteiger partial charge < -0.3 is 14.6 Å². The topological polar surface area (TPSA) is 97.6 Å². The Balaban J connectivity index is 3.31. The summed E-state index contributed by atoms with van der Waals surface area (Å²) < 4.78 is 47.1. The highest BCUT2D eigenvalue weighted by Gasteiger charge is 2.39. The molecular weight excluding hydrogens is 345 g/mol. The van der Waals surface area contributed by atoms with Crippen molar-refractivity contribution in [1.82, 2.24) is 0 Å². The van der Waals surface area contributed by atoms with Gasteiger partial charge in [-0.15, -0.1) is 10.2 Å². The monoisotopic (exact) mass is 360 g/mol. The molecule has 1 rings (SSSR count). The van der Waals surface area contributed by atoms with Crippen LogP contribution in [-0.2, 0) is 14.3 Å². The van der Waals surface area contributed by atoms with Gasteiger partial charge in [0.25, 0.3) is 0 Å². The van der Waals surface area contributed by atoms with E-state index in [1.165, 1.54) is 31.2 Å². The standard InChI is InChI=1S/C15H15F3N2O5/c1-3-24-13(22)9-7-5-6-8-10(9)19-20-11(14(23)25-4-2)12(21)15(16,17)18/h5-8,21H,3-4H2,1-2H3. The Morgan fingerprint density at radius 2 is 1.72 bits per heavy atom. The number of allylic oxidation sites excluding steroid dienone is 1. The number of alkyl halides is 3. The Bertz CT molecular complexity index is 699. The van der Waals surface area contributed by atoms with Crippen LogP contribution in [0.5, 0.6) is 0 Å². The Hall–Kier alpha value is -2.91. The number of carbonyl (C=O) groups excluding carboxylic acids is 2. The number of halogens is 3. The van der Waals surface area contributed by atoms with Gasteiger partial charge in [0.1, 0.15) is 5.69 Å². The lowest BCUT2D eigenvalue weighted by Gasteiger charge is -2.08. The van der Waals surface area contributed by atoms with Crippen LogP contribution >= 0.6 is 0 Å². The SMILES string of the molecule is CCOC(=O)C(N=Nc1ccccc1C(=O)OCC)=C(O)C(F)(F)F. The molecule has 10 heteroatoms. The average Bonchev–Trinajstić information content (AvgIpc) is 2.55. The van der Waals surface area contributed by atoms with E-state index in [9.17, 15) is 27.9 Å². The third-order valence-electron chi connectivity index (χ3n) is 2.62. The molecule has 136 valence electrons. The summed E-state index contributed by atoms with van der Waals surface area (Å²) in [6.07, 6.45) is -5.22. The summed E-state index contributed by atoms with van der Waals surface area (Å²) in [7, 11) is 0. The number of nitrogens with zero attached hydrogens (tertiary/aromatic N) is 2. The Morgan fingerprint density at radius 3 is 2.28 bits per heavy atom. The number of azo groups is 1. The number of rotatable bonds is 6. The molecule has 0 aliphatic rings. The van der Waals surface area contributed by atoms with Gasteiger partial charge in [-0.2, -0.15) is 13.2 Å². The lowest BCUT2D eigenvalue weighted by atomic mass is 10.2. The minimum Gasteiger partial charge on any atom is -0.502 e. The van der Waals surface area contributed by atoms with E-state index >= 15 is 0 Å². The van der Waals surface area contributed by atoms with E-state index in [-0.39, 0.29) is 24.5 Å². The molecule has 0 atom stereocenters. The predicted molar refractivity (Wildman–Crippen MR) is 79.3 cm³/mol. The molecule has 0 fully saturated rings. The molecule has 0 bridgehead atoms. The molecule has 0 aliphatic carbocycles. The summed E-state index contributed by atoms with van der Waals surface area (Å²) >= 11 is 0. The molecule has 1 aromatic carbocycles. The maximum atomic E-state index is 12.6. The molecule has 1 N–H and O–H groups in total. The van der Waals surface area contributed by atoms with Crippen molar-refractivity contribution in [2.24, 2.45) is 10.2 Å². The van der Waals surface area contributed by atoms with E-state index in [2.05, 4.69) is 15.0 Å². The third-order valence-corrected chi connectivity index (χ3v) is 2.62. The highest BCUT2D eigenvalue weighted by atomic mass is 19.4. The van der Waals surface area contributed by atoms with Crippen LogP contribution in [0.4, 0.5) is 18.9 Å². The van der Waals surface area contributed by atoms with Crippen LogP contribution in [0.15, 0.2) is 46.0 Å². The van der Waals surface area contributed by atoms with E-state index in [1.54, 1.807) is 6.92 Å². The summed E-state index contributed by atoms with van der Waals surface area (Å²) in [6, 6.07) is 5.54. The number of carbonyl (C=O) groups is 2. The number of aliphatic hydroxyl groups is 1. The molecule has 0 heterocycles. The Morgan fingerprint density at radius 1 is 1.12 bits per heavy atom. The van der Waals surface area contributed by atoms with E-state index in [4.69, 9.17) is 4.74 Å². The van der Waals surface area contributed by atoms with Gasteiger partial charge in [0.2, 0.25) is 11.5 Å². The maximum Gasteiger partial charge on any atom is 0.451 e. The van der Waals surface area contributed by atoms with Crippen LogP contribution in [0.1, 0.15) is 24.2 Å². The van der Waals surface area contributed by atoms with Gasteiger partial charge in [0, 0.05) is 0 Å². The van der Waals surface area contributed by atoms with Gasteiger partial charge >= 0.3 is 18.1 Å². The zero-order valence-corrected chi connectivity index (χ0v) is 13.3. The van der Waals surface area contributed by atoms with Gasteiger partial charge in [0.15, 0.2) is 0 Å². The van der Waals surface area contributed by atoms with Gasteiger partial charge in [-0.05, 0) is 26.0 Å². The second kappa shape index (κ2) is 8.81. The van der Waals surface area contributed by atoms with Gasteiger partial charge in [-0.3, -0.25) is 0 Å². The van der Waals surface area contributed by atoms with Crippen LogP contribution in [0.2, 0.25) is 0 Å². The first-order chi connectivity index (χ1) is 11.7. The Kier molecular flexibility index (Phi) is 7.09. The first kappa shape index (κ1) is 20.1. The van der Waals surface area contributed by atoms with E-state index in [0.717, 1.165) is 0 Å². The lowest BCUT2D eigenvalue weighted by molar-refractivity contribution is -0.143. The molecule has 25 heavy (non-hydrogen) atoms. The highest BCUT2D eigenvalue weighted by Crippen LogP contribution is 2.28. The molecule has 0 saturated heterocycles. The average molecular weight is 360 g/mol. The quantitative estimate of drug-likeness (QED) is 0.360. The number of ether oxygens (including phenoxy) is 2. The predicted octanol–water partition coefficient (Wildman–Crippen LogP) is 3.84. The first-order valence-electron chi connectivity index (χ1n) is 7.07.